The molecule has 0 aliphatic carbocycles. The van der Waals surface area contributed by atoms with Gasteiger partial charge >= 0.3 is 0 Å². The highest BCUT2D eigenvalue weighted by atomic mass is 32.3. The van der Waals surface area contributed by atoms with Gasteiger partial charge in [0.05, 0.1) is 6.61 Å². The van der Waals surface area contributed by atoms with Crippen molar-refractivity contribution in [2.24, 2.45) is 5.16 Å². The SMILES string of the molecule is C=CCCC/C(=N/OS(=O)(=O)[O-])S[C@@H]1O[C@H](CO)[C@@H](O)[C@H](O)[C@H]1O. The lowest BCUT2D eigenvalue weighted by molar-refractivity contribution is -0.205. The number of allylic oxidation sites excluding steroid dienone is 1. The van der Waals surface area contributed by atoms with E-state index in [2.05, 4.69) is 16.0 Å². The Labute approximate surface area is 143 Å². The Morgan fingerprint density at radius 1 is 1.33 bits per heavy atom. The van der Waals surface area contributed by atoms with Gasteiger partial charge in [-0.15, -0.1) is 6.58 Å². The molecule has 0 spiro atoms. The summed E-state index contributed by atoms with van der Waals surface area (Å²) < 4.78 is 40.7. The van der Waals surface area contributed by atoms with E-state index in [4.69, 9.17) is 9.84 Å². The summed E-state index contributed by atoms with van der Waals surface area (Å²) in [5.41, 5.74) is -1.15. The monoisotopic (exact) mass is 386 g/mol. The summed E-state index contributed by atoms with van der Waals surface area (Å²) in [5, 5.41) is 41.8. The van der Waals surface area contributed by atoms with Crippen LogP contribution in [0.1, 0.15) is 19.3 Å². The van der Waals surface area contributed by atoms with E-state index >= 15 is 0 Å². The van der Waals surface area contributed by atoms with Crippen LogP contribution in [0.4, 0.5) is 0 Å². The van der Waals surface area contributed by atoms with Crippen LogP contribution in [0.3, 0.4) is 0 Å². The minimum atomic E-state index is -5.04. The summed E-state index contributed by atoms with van der Waals surface area (Å²) in [5.74, 6) is 0. The zero-order chi connectivity index (χ0) is 18.3. The standard InChI is InChI=1S/C12H21NO9S2/c1-2-3-4-5-8(13-22-24(18,19)20)23-12-11(17)10(16)9(15)7(6-14)21-12/h2,7,9-12,14-17H,1,3-6H2,(H,18,19,20)/p-1/b13-8-/t7-,9-,10+,11-,12+/m1/s1. The first-order valence-electron chi connectivity index (χ1n) is 6.99. The molecule has 10 nitrogen and oxygen atoms in total. The summed E-state index contributed by atoms with van der Waals surface area (Å²) in [6, 6.07) is 0. The molecule has 1 fully saturated rings. The highest BCUT2D eigenvalue weighted by molar-refractivity contribution is 8.14. The zero-order valence-electron chi connectivity index (χ0n) is 12.6. The number of ether oxygens (including phenoxy) is 1. The highest BCUT2D eigenvalue weighted by Gasteiger charge is 2.44. The smallest absolute Gasteiger partial charge is 0.284 e. The molecule has 0 aromatic heterocycles. The van der Waals surface area contributed by atoms with Crippen LogP contribution in [0, 0.1) is 0 Å². The average molecular weight is 386 g/mol. The fourth-order valence-electron chi connectivity index (χ4n) is 1.91. The van der Waals surface area contributed by atoms with Crippen molar-refractivity contribution in [1.29, 1.82) is 0 Å². The van der Waals surface area contributed by atoms with Crippen molar-refractivity contribution in [2.75, 3.05) is 6.61 Å². The molecule has 0 bridgehead atoms. The average Bonchev–Trinajstić information content (AvgIpc) is 2.52. The van der Waals surface area contributed by atoms with E-state index in [9.17, 15) is 28.3 Å². The van der Waals surface area contributed by atoms with Gasteiger partial charge in [0.25, 0.3) is 10.4 Å². The Balaban J connectivity index is 2.84. The van der Waals surface area contributed by atoms with Gasteiger partial charge in [-0.05, 0) is 19.3 Å². The predicted octanol–water partition coefficient (Wildman–Crippen LogP) is -1.33. The maximum atomic E-state index is 10.5. The van der Waals surface area contributed by atoms with Crippen molar-refractivity contribution >= 4 is 27.2 Å². The van der Waals surface area contributed by atoms with Gasteiger partial charge in [-0.25, -0.2) is 0 Å². The van der Waals surface area contributed by atoms with Crippen molar-refractivity contribution in [3.8, 4) is 0 Å². The number of thioether (sulfide) groups is 1. The lowest BCUT2D eigenvalue weighted by Gasteiger charge is -2.39. The number of aliphatic hydroxyl groups is 4. The molecule has 0 unspecified atom stereocenters. The molecule has 1 saturated heterocycles. The van der Waals surface area contributed by atoms with Crippen molar-refractivity contribution in [3.63, 3.8) is 0 Å². The maximum absolute atomic E-state index is 10.5. The predicted molar refractivity (Wildman–Crippen MR) is 83.6 cm³/mol. The number of nitrogens with zero attached hydrogens (tertiary/aromatic N) is 1. The van der Waals surface area contributed by atoms with Crippen molar-refractivity contribution < 1.29 is 42.4 Å². The van der Waals surface area contributed by atoms with Crippen molar-refractivity contribution in [2.45, 2.75) is 49.1 Å². The zero-order valence-corrected chi connectivity index (χ0v) is 14.2. The van der Waals surface area contributed by atoms with Crippen LogP contribution < -0.4 is 0 Å². The Morgan fingerprint density at radius 2 is 2.00 bits per heavy atom. The lowest BCUT2D eigenvalue weighted by Crippen LogP contribution is -2.57. The Morgan fingerprint density at radius 3 is 2.54 bits per heavy atom. The Hall–Kier alpha value is -0.730. The van der Waals surface area contributed by atoms with E-state index in [1.807, 2.05) is 0 Å². The molecule has 1 aliphatic heterocycles. The van der Waals surface area contributed by atoms with Crippen LogP contribution in [0.2, 0.25) is 0 Å². The van der Waals surface area contributed by atoms with Crippen LogP contribution in [-0.4, -0.2) is 74.9 Å². The van der Waals surface area contributed by atoms with Gasteiger partial charge in [0, 0.05) is 0 Å². The third-order valence-electron chi connectivity index (χ3n) is 3.13. The minimum Gasteiger partial charge on any atom is -0.714 e. The van der Waals surface area contributed by atoms with Crippen LogP contribution in [0.5, 0.6) is 0 Å². The van der Waals surface area contributed by atoms with E-state index in [0.29, 0.717) is 12.8 Å². The molecule has 4 N–H and O–H groups in total. The van der Waals surface area contributed by atoms with E-state index in [1.165, 1.54) is 0 Å². The number of rotatable bonds is 8. The van der Waals surface area contributed by atoms with E-state index in [1.54, 1.807) is 6.08 Å². The van der Waals surface area contributed by atoms with Crippen LogP contribution in [-0.2, 0) is 19.4 Å². The van der Waals surface area contributed by atoms with Gasteiger partial charge in [0.1, 0.15) is 34.9 Å². The van der Waals surface area contributed by atoms with Crippen LogP contribution in [0.15, 0.2) is 17.8 Å². The van der Waals surface area contributed by atoms with E-state index in [-0.39, 0.29) is 11.5 Å². The minimum absolute atomic E-state index is 0.0283. The third-order valence-corrected chi connectivity index (χ3v) is 4.56. The molecule has 0 aromatic carbocycles. The summed E-state index contributed by atoms with van der Waals surface area (Å²) in [6.07, 6.45) is -2.82. The van der Waals surface area contributed by atoms with Crippen LogP contribution in [0.25, 0.3) is 0 Å². The molecule has 12 heteroatoms. The molecule has 140 valence electrons. The first-order valence-corrected chi connectivity index (χ1v) is 9.20. The fourth-order valence-corrected chi connectivity index (χ4v) is 3.25. The van der Waals surface area contributed by atoms with Gasteiger partial charge in [-0.3, -0.25) is 4.28 Å². The maximum Gasteiger partial charge on any atom is 0.284 e. The summed E-state index contributed by atoms with van der Waals surface area (Å²) in [4.78, 5) is 0. The van der Waals surface area contributed by atoms with Gasteiger partial charge in [-0.1, -0.05) is 23.0 Å². The largest absolute Gasteiger partial charge is 0.714 e. The molecule has 5 atom stereocenters. The summed E-state index contributed by atoms with van der Waals surface area (Å²) in [7, 11) is -5.04. The Kier molecular flexibility index (Phi) is 8.59. The first-order chi connectivity index (χ1) is 11.2. The number of unbranched alkanes of at least 4 members (excludes halogenated alkanes) is 1. The van der Waals surface area contributed by atoms with Gasteiger partial charge in [0.2, 0.25) is 0 Å². The molecule has 0 aromatic rings. The molecule has 1 rings (SSSR count). The Bertz CT molecular complexity index is 537. The number of oxime groups is 1. The van der Waals surface area contributed by atoms with Crippen molar-refractivity contribution in [1.82, 2.24) is 0 Å². The quantitative estimate of drug-likeness (QED) is 0.0745. The molecule has 1 heterocycles. The van der Waals surface area contributed by atoms with Gasteiger partial charge < -0.3 is 29.7 Å². The second-order valence-corrected chi connectivity index (χ2v) is 7.10. The van der Waals surface area contributed by atoms with E-state index < -0.39 is 46.9 Å². The van der Waals surface area contributed by atoms with E-state index in [0.717, 1.165) is 11.8 Å². The molecule has 0 saturated carbocycles. The van der Waals surface area contributed by atoms with Gasteiger partial charge in [0.15, 0.2) is 0 Å². The molecular weight excluding hydrogens is 366 g/mol. The second kappa shape index (κ2) is 9.68. The number of hydrogen-bond donors (Lipinski definition) is 4. The highest BCUT2D eigenvalue weighted by Crippen LogP contribution is 2.30. The first kappa shape index (κ1) is 21.3. The third kappa shape index (κ3) is 6.64. The fraction of sp³-hybridized carbons (Fsp3) is 0.750. The van der Waals surface area contributed by atoms with Crippen molar-refractivity contribution in [3.05, 3.63) is 12.7 Å². The molecular formula is C12H20NO9S2-. The molecule has 0 amide bonds. The molecule has 24 heavy (non-hydrogen) atoms. The number of hydrogen-bond acceptors (Lipinski definition) is 11. The lowest BCUT2D eigenvalue weighted by atomic mass is 10.0. The summed E-state index contributed by atoms with van der Waals surface area (Å²) >= 11 is 0.723. The second-order valence-electron chi connectivity index (χ2n) is 4.96. The van der Waals surface area contributed by atoms with Crippen LogP contribution >= 0.6 is 11.8 Å². The summed E-state index contributed by atoms with van der Waals surface area (Å²) in [6.45, 7) is 2.93. The molecule has 0 radical (unpaired) electrons. The normalized spacial score (nSPS) is 31.7. The number of aliphatic hydroxyl groups excluding tert-OH is 4. The topological polar surface area (TPSA) is 169 Å². The molecule has 1 aliphatic rings. The van der Waals surface area contributed by atoms with Gasteiger partial charge in [-0.2, -0.15) is 8.42 Å².